The van der Waals surface area contributed by atoms with Crippen molar-refractivity contribution in [3.8, 4) is 0 Å². The number of thioether (sulfide) groups is 1. The van der Waals surface area contributed by atoms with Gasteiger partial charge >= 0.3 is 0 Å². The van der Waals surface area contributed by atoms with E-state index in [9.17, 15) is 0 Å². The molecule has 3 atom stereocenters. The van der Waals surface area contributed by atoms with Crippen LogP contribution in [0.2, 0.25) is 0 Å². The molecule has 2 N–H and O–H groups in total. The molecule has 0 amide bonds. The molecule has 1 aliphatic carbocycles. The third-order valence-electron chi connectivity index (χ3n) is 4.41. The summed E-state index contributed by atoms with van der Waals surface area (Å²) < 4.78 is 0. The Kier molecular flexibility index (Phi) is 5.77. The van der Waals surface area contributed by atoms with Gasteiger partial charge in [-0.15, -0.1) is 11.8 Å². The molecule has 1 nitrogen and oxygen atoms in total. The van der Waals surface area contributed by atoms with Crippen LogP contribution in [0.3, 0.4) is 0 Å². The number of hydrogen-bond donors (Lipinski definition) is 1. The molecule has 0 saturated heterocycles. The van der Waals surface area contributed by atoms with Crippen LogP contribution in [0.1, 0.15) is 44.6 Å². The second-order valence-corrected chi connectivity index (χ2v) is 7.17. The number of hydrogen-bond acceptors (Lipinski definition) is 2. The average Bonchev–Trinajstić information content (AvgIpc) is 2.42. The van der Waals surface area contributed by atoms with Gasteiger partial charge in [-0.1, -0.05) is 44.4 Å². The van der Waals surface area contributed by atoms with E-state index in [1.807, 2.05) is 0 Å². The van der Waals surface area contributed by atoms with E-state index < -0.39 is 0 Å². The molecule has 0 aromatic heterocycles. The molecule has 0 bridgehead atoms. The monoisotopic (exact) mass is 277 g/mol. The lowest BCUT2D eigenvalue weighted by atomic mass is 9.80. The summed E-state index contributed by atoms with van der Waals surface area (Å²) >= 11 is 2.07. The van der Waals surface area contributed by atoms with Crippen molar-refractivity contribution in [2.24, 2.45) is 17.6 Å². The molecule has 1 saturated carbocycles. The fraction of sp³-hybridized carbons (Fsp3) is 0.647. The summed E-state index contributed by atoms with van der Waals surface area (Å²) in [7, 11) is 0. The van der Waals surface area contributed by atoms with Crippen molar-refractivity contribution in [1.29, 1.82) is 0 Å². The summed E-state index contributed by atoms with van der Waals surface area (Å²) in [4.78, 5) is 1.45. The van der Waals surface area contributed by atoms with Gasteiger partial charge in [-0.2, -0.15) is 0 Å². The first-order chi connectivity index (χ1) is 9.24. The molecule has 1 aliphatic rings. The van der Waals surface area contributed by atoms with E-state index in [0.29, 0.717) is 5.92 Å². The summed E-state index contributed by atoms with van der Waals surface area (Å²) in [6, 6.07) is 8.75. The van der Waals surface area contributed by atoms with Crippen LogP contribution in [-0.4, -0.2) is 11.8 Å². The SMILES string of the molecule is CCCC1CCC(CN)C(Sc2ccccc2C)C1. The molecular formula is C17H27NS. The maximum Gasteiger partial charge on any atom is 0.0137 e. The van der Waals surface area contributed by atoms with Crippen molar-refractivity contribution < 1.29 is 0 Å². The Bertz CT molecular complexity index is 391. The van der Waals surface area contributed by atoms with Gasteiger partial charge in [0.15, 0.2) is 0 Å². The summed E-state index contributed by atoms with van der Waals surface area (Å²) in [5, 5.41) is 0.719. The van der Waals surface area contributed by atoms with E-state index in [0.717, 1.165) is 17.7 Å². The van der Waals surface area contributed by atoms with Crippen LogP contribution in [0, 0.1) is 18.8 Å². The van der Waals surface area contributed by atoms with Crippen molar-refractivity contribution in [1.82, 2.24) is 0 Å². The highest BCUT2D eigenvalue weighted by atomic mass is 32.2. The van der Waals surface area contributed by atoms with Gasteiger partial charge in [0.1, 0.15) is 0 Å². The van der Waals surface area contributed by atoms with Crippen molar-refractivity contribution in [2.75, 3.05) is 6.54 Å². The lowest BCUT2D eigenvalue weighted by molar-refractivity contribution is 0.276. The Morgan fingerprint density at radius 3 is 2.74 bits per heavy atom. The summed E-state index contributed by atoms with van der Waals surface area (Å²) in [6.07, 6.45) is 6.78. The maximum atomic E-state index is 5.99. The first kappa shape index (κ1) is 14.9. The van der Waals surface area contributed by atoms with E-state index >= 15 is 0 Å². The molecule has 0 aliphatic heterocycles. The predicted molar refractivity (Wildman–Crippen MR) is 85.6 cm³/mol. The standard InChI is InChI=1S/C17H27NS/c1-3-6-14-9-10-15(12-18)17(11-14)19-16-8-5-4-7-13(16)2/h4-5,7-8,14-15,17H,3,6,9-12,18H2,1-2H3. The Balaban J connectivity index is 2.04. The van der Waals surface area contributed by atoms with Crippen LogP contribution in [0.5, 0.6) is 0 Å². The van der Waals surface area contributed by atoms with Gasteiger partial charge < -0.3 is 5.73 Å². The molecule has 1 aromatic carbocycles. The highest BCUT2D eigenvalue weighted by Gasteiger charge is 2.30. The second-order valence-electron chi connectivity index (χ2n) is 5.89. The van der Waals surface area contributed by atoms with E-state index in [2.05, 4.69) is 49.9 Å². The Morgan fingerprint density at radius 2 is 2.05 bits per heavy atom. The lowest BCUT2D eigenvalue weighted by Crippen LogP contribution is -2.32. The van der Waals surface area contributed by atoms with Crippen molar-refractivity contribution in [2.45, 2.75) is 56.1 Å². The zero-order valence-electron chi connectivity index (χ0n) is 12.3. The van der Waals surface area contributed by atoms with E-state index in [4.69, 9.17) is 5.73 Å². The van der Waals surface area contributed by atoms with Crippen LogP contribution in [0.15, 0.2) is 29.2 Å². The Labute approximate surface area is 122 Å². The zero-order chi connectivity index (χ0) is 13.7. The fourth-order valence-electron chi connectivity index (χ4n) is 3.21. The van der Waals surface area contributed by atoms with Crippen molar-refractivity contribution >= 4 is 11.8 Å². The first-order valence-corrected chi connectivity index (χ1v) is 8.55. The van der Waals surface area contributed by atoms with Gasteiger partial charge in [0.25, 0.3) is 0 Å². The minimum atomic E-state index is 0.706. The third-order valence-corrected chi connectivity index (χ3v) is 6.00. The molecule has 19 heavy (non-hydrogen) atoms. The van der Waals surface area contributed by atoms with Gasteiger partial charge in [0.2, 0.25) is 0 Å². The molecule has 0 heterocycles. The number of benzene rings is 1. The second kappa shape index (κ2) is 7.35. The number of nitrogens with two attached hydrogens (primary N) is 1. The minimum absolute atomic E-state index is 0.706. The molecule has 1 aromatic rings. The van der Waals surface area contributed by atoms with Crippen molar-refractivity contribution in [3.05, 3.63) is 29.8 Å². The van der Waals surface area contributed by atoms with Crippen molar-refractivity contribution in [3.63, 3.8) is 0 Å². The first-order valence-electron chi connectivity index (χ1n) is 7.67. The Morgan fingerprint density at radius 1 is 1.26 bits per heavy atom. The van der Waals surface area contributed by atoms with Crippen LogP contribution < -0.4 is 5.73 Å². The molecular weight excluding hydrogens is 250 g/mol. The minimum Gasteiger partial charge on any atom is -0.330 e. The molecule has 2 rings (SSSR count). The van der Waals surface area contributed by atoms with Gasteiger partial charge in [-0.25, -0.2) is 0 Å². The van der Waals surface area contributed by atoms with E-state index in [1.54, 1.807) is 0 Å². The zero-order valence-corrected chi connectivity index (χ0v) is 13.1. The normalized spacial score (nSPS) is 27.4. The van der Waals surface area contributed by atoms with Gasteiger partial charge in [-0.3, -0.25) is 0 Å². The third kappa shape index (κ3) is 4.00. The molecule has 0 radical (unpaired) electrons. The van der Waals surface area contributed by atoms with Gasteiger partial charge in [0, 0.05) is 10.1 Å². The largest absolute Gasteiger partial charge is 0.330 e. The van der Waals surface area contributed by atoms with E-state index in [-0.39, 0.29) is 0 Å². The summed E-state index contributed by atoms with van der Waals surface area (Å²) in [5.74, 6) is 1.63. The molecule has 1 fully saturated rings. The van der Waals surface area contributed by atoms with Gasteiger partial charge in [0.05, 0.1) is 0 Å². The van der Waals surface area contributed by atoms with Crippen LogP contribution in [0.4, 0.5) is 0 Å². The molecule has 0 spiro atoms. The number of aryl methyl sites for hydroxylation is 1. The molecule has 2 heteroatoms. The number of rotatable bonds is 5. The fourth-order valence-corrected chi connectivity index (χ4v) is 4.76. The highest BCUT2D eigenvalue weighted by molar-refractivity contribution is 8.00. The molecule has 106 valence electrons. The van der Waals surface area contributed by atoms with Crippen LogP contribution in [0.25, 0.3) is 0 Å². The summed E-state index contributed by atoms with van der Waals surface area (Å²) in [5.41, 5.74) is 7.40. The molecule has 3 unspecified atom stereocenters. The summed E-state index contributed by atoms with van der Waals surface area (Å²) in [6.45, 7) is 5.37. The van der Waals surface area contributed by atoms with Crippen LogP contribution >= 0.6 is 11.8 Å². The Hall–Kier alpha value is -0.470. The van der Waals surface area contributed by atoms with E-state index in [1.165, 1.54) is 42.6 Å². The van der Waals surface area contributed by atoms with Crippen LogP contribution in [-0.2, 0) is 0 Å². The maximum absolute atomic E-state index is 5.99. The predicted octanol–water partition coefficient (Wildman–Crippen LogP) is 4.63. The average molecular weight is 277 g/mol. The topological polar surface area (TPSA) is 26.0 Å². The smallest absolute Gasteiger partial charge is 0.0137 e. The highest BCUT2D eigenvalue weighted by Crippen LogP contribution is 2.41. The quantitative estimate of drug-likeness (QED) is 0.849. The van der Waals surface area contributed by atoms with Gasteiger partial charge in [-0.05, 0) is 49.8 Å². The lowest BCUT2D eigenvalue weighted by Gasteiger charge is -2.35.